The van der Waals surface area contributed by atoms with Gasteiger partial charge in [-0.3, -0.25) is 9.78 Å². The van der Waals surface area contributed by atoms with Crippen LogP contribution in [0.15, 0.2) is 18.5 Å². The van der Waals surface area contributed by atoms with Gasteiger partial charge in [-0.1, -0.05) is 6.42 Å². The van der Waals surface area contributed by atoms with Crippen molar-refractivity contribution in [3.8, 4) is 0 Å². The summed E-state index contributed by atoms with van der Waals surface area (Å²) in [4.78, 5) is 17.9. The van der Waals surface area contributed by atoms with Crippen LogP contribution in [-0.2, 0) is 0 Å². The van der Waals surface area contributed by atoms with E-state index in [1.54, 1.807) is 0 Å². The molecule has 0 aromatic carbocycles. The van der Waals surface area contributed by atoms with Gasteiger partial charge in [0, 0.05) is 25.3 Å². The number of halogens is 1. The van der Waals surface area contributed by atoms with Crippen molar-refractivity contribution in [1.82, 2.24) is 15.2 Å². The Balaban J connectivity index is 1.71. The number of pyridine rings is 1. The Hall–Kier alpha value is -1.49. The van der Waals surface area contributed by atoms with Crippen LogP contribution in [0.3, 0.4) is 0 Å². The van der Waals surface area contributed by atoms with Gasteiger partial charge in [0.25, 0.3) is 5.91 Å². The lowest BCUT2D eigenvalue weighted by Crippen LogP contribution is -2.39. The summed E-state index contributed by atoms with van der Waals surface area (Å²) in [7, 11) is 0. The highest BCUT2D eigenvalue weighted by Crippen LogP contribution is 2.16. The maximum absolute atomic E-state index is 13.4. The molecule has 2 rings (SSSR count). The normalized spacial score (nSPS) is 19.8. The molecule has 0 spiro atoms. The third kappa shape index (κ3) is 4.00. The number of nitrogens with one attached hydrogen (secondary N) is 1. The zero-order valence-electron chi connectivity index (χ0n) is 11.9. The van der Waals surface area contributed by atoms with E-state index in [1.807, 2.05) is 0 Å². The van der Waals surface area contributed by atoms with Crippen LogP contribution in [0.4, 0.5) is 4.39 Å². The number of carbonyl (C=O) groups excluding carboxylic acids is 1. The summed E-state index contributed by atoms with van der Waals surface area (Å²) in [5.74, 6) is -0.939. The average Bonchev–Trinajstić information content (AvgIpc) is 2.45. The van der Waals surface area contributed by atoms with Crippen LogP contribution in [0.2, 0.25) is 0 Å². The van der Waals surface area contributed by atoms with Crippen molar-refractivity contribution in [1.29, 1.82) is 0 Å². The number of hydrogen-bond donors (Lipinski definition) is 1. The van der Waals surface area contributed by atoms with Crippen LogP contribution in [-0.4, -0.2) is 41.5 Å². The summed E-state index contributed by atoms with van der Waals surface area (Å²) < 4.78 is 13.4. The minimum absolute atomic E-state index is 0.0614. The second kappa shape index (κ2) is 7.33. The zero-order valence-corrected chi connectivity index (χ0v) is 11.9. The number of amides is 1. The molecule has 0 aliphatic carbocycles. The molecule has 1 aromatic heterocycles. The van der Waals surface area contributed by atoms with Crippen LogP contribution in [0, 0.1) is 5.82 Å². The largest absolute Gasteiger partial charge is 0.352 e. The highest BCUT2D eigenvalue weighted by Gasteiger charge is 2.17. The van der Waals surface area contributed by atoms with Gasteiger partial charge in [-0.15, -0.1) is 0 Å². The maximum atomic E-state index is 13.4. The van der Waals surface area contributed by atoms with Gasteiger partial charge in [0.05, 0.1) is 11.8 Å². The number of carbonyl (C=O) groups is 1. The molecular formula is C15H22FN3O. The van der Waals surface area contributed by atoms with E-state index in [2.05, 4.69) is 22.1 Å². The quantitative estimate of drug-likeness (QED) is 0.841. The Morgan fingerprint density at radius 3 is 3.15 bits per heavy atom. The molecular weight excluding hydrogens is 257 g/mol. The van der Waals surface area contributed by atoms with E-state index in [0.717, 1.165) is 25.7 Å². The first-order valence-electron chi connectivity index (χ1n) is 7.30. The van der Waals surface area contributed by atoms with E-state index in [1.165, 1.54) is 31.5 Å². The van der Waals surface area contributed by atoms with Crippen LogP contribution in [0.1, 0.15) is 43.0 Å². The number of nitrogens with zero attached hydrogens (tertiary/aromatic N) is 2. The molecule has 1 aliphatic rings. The van der Waals surface area contributed by atoms with E-state index in [9.17, 15) is 9.18 Å². The minimum atomic E-state index is -0.574. The Bertz CT molecular complexity index is 452. The molecule has 5 heteroatoms. The van der Waals surface area contributed by atoms with Crippen LogP contribution < -0.4 is 5.32 Å². The van der Waals surface area contributed by atoms with Crippen molar-refractivity contribution >= 4 is 5.91 Å². The monoisotopic (exact) mass is 279 g/mol. The number of piperidine rings is 1. The summed E-state index contributed by atoms with van der Waals surface area (Å²) in [6.07, 6.45) is 7.21. The fourth-order valence-corrected chi connectivity index (χ4v) is 2.63. The van der Waals surface area contributed by atoms with Crippen molar-refractivity contribution in [3.05, 3.63) is 29.8 Å². The molecule has 1 amide bonds. The first-order chi connectivity index (χ1) is 9.68. The molecule has 1 aromatic rings. The SMILES string of the molecule is CC1CCCCN1CCCNC(=O)c1ccncc1F. The first kappa shape index (κ1) is 14.9. The van der Waals surface area contributed by atoms with Crippen LogP contribution in [0.25, 0.3) is 0 Å². The van der Waals surface area contributed by atoms with Crippen molar-refractivity contribution in [2.24, 2.45) is 0 Å². The number of likely N-dealkylation sites (tertiary alicyclic amines) is 1. The van der Waals surface area contributed by atoms with Crippen molar-refractivity contribution < 1.29 is 9.18 Å². The summed E-state index contributed by atoms with van der Waals surface area (Å²) in [6, 6.07) is 2.04. The number of aromatic nitrogens is 1. The van der Waals surface area contributed by atoms with Crippen molar-refractivity contribution in [2.45, 2.75) is 38.6 Å². The molecule has 20 heavy (non-hydrogen) atoms. The molecule has 0 saturated carbocycles. The summed E-state index contributed by atoms with van der Waals surface area (Å²) in [6.45, 7) is 4.96. The third-order valence-electron chi connectivity index (χ3n) is 3.87. The smallest absolute Gasteiger partial charge is 0.254 e. The fourth-order valence-electron chi connectivity index (χ4n) is 2.63. The average molecular weight is 279 g/mol. The fraction of sp³-hybridized carbons (Fsp3) is 0.600. The molecule has 1 atom stereocenters. The zero-order chi connectivity index (χ0) is 14.4. The predicted molar refractivity (Wildman–Crippen MR) is 76.0 cm³/mol. The van der Waals surface area contributed by atoms with E-state index >= 15 is 0 Å². The summed E-state index contributed by atoms with van der Waals surface area (Å²) >= 11 is 0. The van der Waals surface area contributed by atoms with Crippen LogP contribution >= 0.6 is 0 Å². The number of hydrogen-bond acceptors (Lipinski definition) is 3. The predicted octanol–water partition coefficient (Wildman–Crippen LogP) is 2.21. The van der Waals surface area contributed by atoms with Gasteiger partial charge in [-0.05, 0) is 38.8 Å². The van der Waals surface area contributed by atoms with E-state index in [-0.39, 0.29) is 11.5 Å². The molecule has 4 nitrogen and oxygen atoms in total. The standard InChI is InChI=1S/C15H22FN3O/c1-12-5-2-3-9-19(12)10-4-7-18-15(20)13-6-8-17-11-14(13)16/h6,8,11-12H,2-5,7,9-10H2,1H3,(H,18,20). The van der Waals surface area contributed by atoms with Gasteiger partial charge in [0.15, 0.2) is 5.82 Å². The molecule has 1 saturated heterocycles. The molecule has 1 N–H and O–H groups in total. The highest BCUT2D eigenvalue weighted by molar-refractivity contribution is 5.94. The Morgan fingerprint density at radius 2 is 2.40 bits per heavy atom. The maximum Gasteiger partial charge on any atom is 0.254 e. The topological polar surface area (TPSA) is 45.2 Å². The molecule has 1 aliphatic heterocycles. The van der Waals surface area contributed by atoms with Gasteiger partial charge in [0.1, 0.15) is 0 Å². The molecule has 0 radical (unpaired) electrons. The summed E-state index contributed by atoms with van der Waals surface area (Å²) in [5.41, 5.74) is 0.0614. The van der Waals surface area contributed by atoms with Crippen LogP contribution in [0.5, 0.6) is 0 Å². The van der Waals surface area contributed by atoms with E-state index < -0.39 is 5.82 Å². The molecule has 0 bridgehead atoms. The molecule has 1 fully saturated rings. The first-order valence-corrected chi connectivity index (χ1v) is 7.30. The second-order valence-electron chi connectivity index (χ2n) is 5.35. The lowest BCUT2D eigenvalue weighted by Gasteiger charge is -2.33. The van der Waals surface area contributed by atoms with Crippen molar-refractivity contribution in [2.75, 3.05) is 19.6 Å². The molecule has 2 heterocycles. The second-order valence-corrected chi connectivity index (χ2v) is 5.35. The lowest BCUT2D eigenvalue weighted by atomic mass is 10.0. The Kier molecular flexibility index (Phi) is 5.47. The third-order valence-corrected chi connectivity index (χ3v) is 3.87. The highest BCUT2D eigenvalue weighted by atomic mass is 19.1. The minimum Gasteiger partial charge on any atom is -0.352 e. The Labute approximate surface area is 119 Å². The van der Waals surface area contributed by atoms with Gasteiger partial charge in [0.2, 0.25) is 0 Å². The summed E-state index contributed by atoms with van der Waals surface area (Å²) in [5, 5.41) is 2.76. The van der Waals surface area contributed by atoms with E-state index in [4.69, 9.17) is 0 Å². The lowest BCUT2D eigenvalue weighted by molar-refractivity contribution is 0.0944. The van der Waals surface area contributed by atoms with Gasteiger partial charge >= 0.3 is 0 Å². The van der Waals surface area contributed by atoms with E-state index in [0.29, 0.717) is 12.6 Å². The Morgan fingerprint density at radius 1 is 1.55 bits per heavy atom. The van der Waals surface area contributed by atoms with Gasteiger partial charge in [-0.25, -0.2) is 4.39 Å². The number of rotatable bonds is 5. The van der Waals surface area contributed by atoms with Gasteiger partial charge < -0.3 is 10.2 Å². The van der Waals surface area contributed by atoms with Crippen molar-refractivity contribution in [3.63, 3.8) is 0 Å². The van der Waals surface area contributed by atoms with Gasteiger partial charge in [-0.2, -0.15) is 0 Å². The molecule has 1 unspecified atom stereocenters. The molecule has 110 valence electrons.